The Hall–Kier alpha value is -2.82. The van der Waals surface area contributed by atoms with Gasteiger partial charge in [-0.1, -0.05) is 68.3 Å². The summed E-state index contributed by atoms with van der Waals surface area (Å²) in [5.74, 6) is 0. The summed E-state index contributed by atoms with van der Waals surface area (Å²) < 4.78 is 2.25. The zero-order valence-corrected chi connectivity index (χ0v) is 20.2. The molecule has 0 saturated carbocycles. The van der Waals surface area contributed by atoms with Crippen LogP contribution in [-0.4, -0.2) is 6.04 Å². The average Bonchev–Trinajstić information content (AvgIpc) is 3.12. The van der Waals surface area contributed by atoms with Crippen molar-refractivity contribution in [3.05, 3.63) is 111 Å². The van der Waals surface area contributed by atoms with Gasteiger partial charge >= 0.3 is 0 Å². The minimum absolute atomic E-state index is 0.268. The number of halogens is 2. The van der Waals surface area contributed by atoms with Gasteiger partial charge in [0, 0.05) is 54.6 Å². The molecule has 0 amide bonds. The molecule has 1 aliphatic carbocycles. The maximum Gasteiger partial charge on any atom is 0.0653 e. The van der Waals surface area contributed by atoms with Gasteiger partial charge in [0.05, 0.1) is 6.04 Å². The second kappa shape index (κ2) is 6.84. The summed E-state index contributed by atoms with van der Waals surface area (Å²) >= 11 is 7.45. The summed E-state index contributed by atoms with van der Waals surface area (Å²) in [5.41, 5.74) is 10.3. The molecule has 0 fully saturated rings. The Morgan fingerprint density at radius 3 is 2.59 bits per heavy atom. The molecule has 4 aromatic rings. The van der Waals surface area contributed by atoms with E-state index in [9.17, 15) is 0 Å². The van der Waals surface area contributed by atoms with Crippen LogP contribution in [0.5, 0.6) is 0 Å². The molecule has 32 heavy (non-hydrogen) atoms. The average molecular weight is 542 g/mol. The van der Waals surface area contributed by atoms with Crippen LogP contribution >= 0.6 is 31.9 Å². The van der Waals surface area contributed by atoms with Gasteiger partial charge in [-0.2, -0.15) is 0 Å². The van der Waals surface area contributed by atoms with Gasteiger partial charge in [-0.3, -0.25) is 0 Å². The molecule has 154 valence electrons. The first-order chi connectivity index (χ1) is 15.7. The minimum atomic E-state index is 0.268. The third-order valence-electron chi connectivity index (χ3n) is 6.82. The summed E-state index contributed by atoms with van der Waals surface area (Å²) in [7, 11) is 0. The highest BCUT2D eigenvalue weighted by Gasteiger charge is 2.39. The fourth-order valence-corrected chi connectivity index (χ4v) is 6.31. The molecule has 0 saturated heterocycles. The number of benzene rings is 4. The first kappa shape index (κ1) is 18.7. The standard InChI is InChI=1S/C28H18Br2N2/c29-16-9-12-26-21(13-16)22-14-20-18-10-11-23(30)19-7-4-8-24(28(18)19)31-25(20)15-27(22)32(26)17-5-2-1-3-6-17/h1-14,27,31H,15H2. The van der Waals surface area contributed by atoms with E-state index in [1.54, 1.807) is 0 Å². The number of hydrogen-bond acceptors (Lipinski definition) is 2. The molecule has 1 atom stereocenters. The normalized spacial score (nSPS) is 18.1. The number of nitrogens with zero attached hydrogens (tertiary/aromatic N) is 1. The summed E-state index contributed by atoms with van der Waals surface area (Å²) in [6.07, 6.45) is 3.36. The van der Waals surface area contributed by atoms with Crippen molar-refractivity contribution in [2.45, 2.75) is 12.5 Å². The van der Waals surface area contributed by atoms with Gasteiger partial charge in [-0.15, -0.1) is 0 Å². The summed E-state index contributed by atoms with van der Waals surface area (Å²) in [6.45, 7) is 0. The van der Waals surface area contributed by atoms with E-state index in [2.05, 4.69) is 127 Å². The van der Waals surface area contributed by atoms with Gasteiger partial charge in [0.2, 0.25) is 0 Å². The molecule has 2 heterocycles. The Morgan fingerprint density at radius 1 is 0.844 bits per heavy atom. The van der Waals surface area contributed by atoms with Crippen LogP contribution in [-0.2, 0) is 0 Å². The van der Waals surface area contributed by atoms with Crippen LogP contribution in [0.1, 0.15) is 17.5 Å². The third kappa shape index (κ3) is 2.57. The van der Waals surface area contributed by atoms with Gasteiger partial charge < -0.3 is 10.2 Å². The molecule has 7 rings (SSSR count). The molecule has 1 N–H and O–H groups in total. The van der Waals surface area contributed by atoms with Crippen LogP contribution < -0.4 is 10.2 Å². The van der Waals surface area contributed by atoms with Crippen LogP contribution in [0.4, 0.5) is 17.1 Å². The molecule has 0 spiro atoms. The van der Waals surface area contributed by atoms with E-state index in [1.165, 1.54) is 55.8 Å². The molecular weight excluding hydrogens is 524 g/mol. The van der Waals surface area contributed by atoms with Crippen molar-refractivity contribution in [2.75, 3.05) is 10.2 Å². The molecule has 0 aromatic heterocycles. The van der Waals surface area contributed by atoms with Gasteiger partial charge in [0.25, 0.3) is 0 Å². The predicted molar refractivity (Wildman–Crippen MR) is 141 cm³/mol. The number of anilines is 3. The van der Waals surface area contributed by atoms with Crippen LogP contribution in [0.3, 0.4) is 0 Å². The zero-order valence-electron chi connectivity index (χ0n) is 17.1. The van der Waals surface area contributed by atoms with E-state index < -0.39 is 0 Å². The molecule has 2 nitrogen and oxygen atoms in total. The summed E-state index contributed by atoms with van der Waals surface area (Å²) in [4.78, 5) is 2.50. The highest BCUT2D eigenvalue weighted by molar-refractivity contribution is 9.11. The summed E-state index contributed by atoms with van der Waals surface area (Å²) in [6, 6.07) is 28.6. The number of para-hydroxylation sites is 1. The fourth-order valence-electron chi connectivity index (χ4n) is 5.49. The Morgan fingerprint density at radius 2 is 1.72 bits per heavy atom. The maximum atomic E-state index is 3.79. The molecule has 1 unspecified atom stereocenters. The van der Waals surface area contributed by atoms with Gasteiger partial charge in [0.1, 0.15) is 0 Å². The van der Waals surface area contributed by atoms with E-state index in [-0.39, 0.29) is 6.04 Å². The summed E-state index contributed by atoms with van der Waals surface area (Å²) in [5, 5.41) is 6.34. The van der Waals surface area contributed by atoms with E-state index in [0.29, 0.717) is 0 Å². The van der Waals surface area contributed by atoms with E-state index in [0.717, 1.165) is 15.4 Å². The zero-order chi connectivity index (χ0) is 21.4. The van der Waals surface area contributed by atoms with Gasteiger partial charge in [0.15, 0.2) is 0 Å². The number of rotatable bonds is 1. The van der Waals surface area contributed by atoms with Crippen LogP contribution in [0.2, 0.25) is 0 Å². The number of fused-ring (bicyclic) bond motifs is 4. The lowest BCUT2D eigenvalue weighted by atomic mass is 9.83. The van der Waals surface area contributed by atoms with E-state index >= 15 is 0 Å². The Bertz CT molecular complexity index is 1500. The third-order valence-corrected chi connectivity index (χ3v) is 8.00. The SMILES string of the molecule is Brc1ccc2c(c1)C1=CC3=C(CC1N2c1ccccc1)Nc1cccc2c(Br)ccc3c12. The monoisotopic (exact) mass is 540 g/mol. The second-order valence-corrected chi connectivity index (χ2v) is 10.3. The minimum Gasteiger partial charge on any atom is -0.358 e. The largest absolute Gasteiger partial charge is 0.358 e. The molecule has 4 heteroatoms. The first-order valence-corrected chi connectivity index (χ1v) is 12.4. The quantitative estimate of drug-likeness (QED) is 0.260. The smallest absolute Gasteiger partial charge is 0.0653 e. The fraction of sp³-hybridized carbons (Fsp3) is 0.0714. The lowest BCUT2D eigenvalue weighted by molar-refractivity contribution is 0.802. The highest BCUT2D eigenvalue weighted by atomic mass is 79.9. The van der Waals surface area contributed by atoms with Gasteiger partial charge in [-0.05, 0) is 65.1 Å². The van der Waals surface area contributed by atoms with Crippen molar-refractivity contribution < 1.29 is 0 Å². The van der Waals surface area contributed by atoms with Crippen molar-refractivity contribution in [1.29, 1.82) is 0 Å². The lowest BCUT2D eigenvalue weighted by Crippen LogP contribution is -2.31. The molecular formula is C28H18Br2N2. The molecule has 4 aromatic carbocycles. The van der Waals surface area contributed by atoms with Crippen molar-refractivity contribution in [3.8, 4) is 0 Å². The van der Waals surface area contributed by atoms with E-state index in [4.69, 9.17) is 0 Å². The maximum absolute atomic E-state index is 3.79. The molecule has 3 aliphatic rings. The molecule has 2 aliphatic heterocycles. The van der Waals surface area contributed by atoms with Crippen molar-refractivity contribution >= 4 is 70.8 Å². The van der Waals surface area contributed by atoms with Crippen LogP contribution in [0, 0.1) is 0 Å². The Kier molecular flexibility index (Phi) is 4.00. The Balaban J connectivity index is 1.46. The molecule has 0 bridgehead atoms. The van der Waals surface area contributed by atoms with E-state index in [1.807, 2.05) is 0 Å². The van der Waals surface area contributed by atoms with Gasteiger partial charge in [-0.25, -0.2) is 0 Å². The Labute approximate surface area is 203 Å². The van der Waals surface area contributed by atoms with Crippen LogP contribution in [0.25, 0.3) is 21.9 Å². The van der Waals surface area contributed by atoms with Crippen molar-refractivity contribution in [3.63, 3.8) is 0 Å². The number of hydrogen-bond donors (Lipinski definition) is 1. The van der Waals surface area contributed by atoms with Crippen LogP contribution in [0.15, 0.2) is 99.6 Å². The van der Waals surface area contributed by atoms with Crippen molar-refractivity contribution in [2.24, 2.45) is 0 Å². The lowest BCUT2D eigenvalue weighted by Gasteiger charge is -2.34. The second-order valence-electron chi connectivity index (χ2n) is 8.53. The predicted octanol–water partition coefficient (Wildman–Crippen LogP) is 8.51. The number of allylic oxidation sites excluding steroid dienone is 2. The topological polar surface area (TPSA) is 15.3 Å². The number of nitrogens with one attached hydrogen (secondary N) is 1. The first-order valence-electron chi connectivity index (χ1n) is 10.8. The van der Waals surface area contributed by atoms with Crippen molar-refractivity contribution in [1.82, 2.24) is 0 Å². The molecule has 0 radical (unpaired) electrons. The highest BCUT2D eigenvalue weighted by Crippen LogP contribution is 2.53.